The van der Waals surface area contributed by atoms with Gasteiger partial charge in [-0.2, -0.15) is 0 Å². The maximum atomic E-state index is 12.3. The van der Waals surface area contributed by atoms with E-state index in [9.17, 15) is 8.42 Å². The highest BCUT2D eigenvalue weighted by molar-refractivity contribution is 7.89. The number of aromatic nitrogens is 1. The van der Waals surface area contributed by atoms with Crippen LogP contribution >= 0.6 is 0 Å². The van der Waals surface area contributed by atoms with Crippen molar-refractivity contribution in [1.29, 1.82) is 0 Å². The van der Waals surface area contributed by atoms with Gasteiger partial charge in [0.05, 0.1) is 17.6 Å². The number of hydrogen-bond acceptors (Lipinski definition) is 5. The fourth-order valence-electron chi connectivity index (χ4n) is 1.85. The van der Waals surface area contributed by atoms with Gasteiger partial charge in [-0.1, -0.05) is 0 Å². The van der Waals surface area contributed by atoms with Crippen molar-refractivity contribution in [2.24, 2.45) is 0 Å². The fourth-order valence-corrected chi connectivity index (χ4v) is 3.18. The first kappa shape index (κ1) is 14.5. The highest BCUT2D eigenvalue weighted by Gasteiger charge is 2.19. The molecule has 0 spiro atoms. The molecule has 0 atom stereocenters. The molecule has 0 saturated carbocycles. The summed E-state index contributed by atoms with van der Waals surface area (Å²) in [6.07, 6.45) is 1.54. The number of anilines is 1. The second-order valence-corrected chi connectivity index (χ2v) is 6.40. The van der Waals surface area contributed by atoms with Crippen LogP contribution in [0, 0.1) is 20.8 Å². The number of rotatable bonds is 4. The molecule has 1 aromatic carbocycles. The molecule has 3 N–H and O–H groups in total. The molecule has 1 aromatic heterocycles. The normalized spacial score (nSPS) is 11.8. The largest absolute Gasteiger partial charge is 0.445 e. The number of aryl methyl sites for hydroxylation is 2. The van der Waals surface area contributed by atoms with Gasteiger partial charge in [0.25, 0.3) is 0 Å². The minimum Gasteiger partial charge on any atom is -0.445 e. The topological polar surface area (TPSA) is 98.2 Å². The molecule has 108 valence electrons. The van der Waals surface area contributed by atoms with Gasteiger partial charge in [-0.05, 0) is 44.0 Å². The van der Waals surface area contributed by atoms with E-state index in [0.717, 1.165) is 5.56 Å². The standard InChI is InChI=1S/C13H17N3O3S/c1-8-4-11(14)10(3)12(5-8)20(17,18)16-7-13-15-6-9(2)19-13/h4-6,16H,7,14H2,1-3H3. The number of nitrogens with two attached hydrogens (primary N) is 1. The van der Waals surface area contributed by atoms with E-state index in [1.54, 1.807) is 39.1 Å². The van der Waals surface area contributed by atoms with Crippen LogP contribution in [0.3, 0.4) is 0 Å². The van der Waals surface area contributed by atoms with Crippen molar-refractivity contribution in [2.75, 3.05) is 5.73 Å². The first-order chi connectivity index (χ1) is 9.29. The summed E-state index contributed by atoms with van der Waals surface area (Å²) in [4.78, 5) is 4.13. The maximum Gasteiger partial charge on any atom is 0.241 e. The van der Waals surface area contributed by atoms with Crippen LogP contribution in [0.1, 0.15) is 22.8 Å². The number of nitrogen functional groups attached to an aromatic ring is 1. The van der Waals surface area contributed by atoms with E-state index in [0.29, 0.717) is 22.9 Å². The smallest absolute Gasteiger partial charge is 0.241 e. The molecule has 1 heterocycles. The summed E-state index contributed by atoms with van der Waals surface area (Å²) in [7, 11) is -3.65. The number of nitrogens with zero attached hydrogens (tertiary/aromatic N) is 1. The van der Waals surface area contributed by atoms with E-state index < -0.39 is 10.0 Å². The first-order valence-electron chi connectivity index (χ1n) is 6.07. The molecular weight excluding hydrogens is 278 g/mol. The Labute approximate surface area is 118 Å². The van der Waals surface area contributed by atoms with Gasteiger partial charge < -0.3 is 10.2 Å². The lowest BCUT2D eigenvalue weighted by molar-refractivity contribution is 0.463. The van der Waals surface area contributed by atoms with Crippen LogP contribution in [0.25, 0.3) is 0 Å². The first-order valence-corrected chi connectivity index (χ1v) is 7.55. The summed E-state index contributed by atoms with van der Waals surface area (Å²) in [5.74, 6) is 0.958. The predicted molar refractivity (Wildman–Crippen MR) is 75.6 cm³/mol. The lowest BCUT2D eigenvalue weighted by Gasteiger charge is -2.11. The predicted octanol–water partition coefficient (Wildman–Crippen LogP) is 1.66. The molecule has 20 heavy (non-hydrogen) atoms. The molecule has 0 aliphatic carbocycles. The summed E-state index contributed by atoms with van der Waals surface area (Å²) in [5, 5.41) is 0. The minimum atomic E-state index is -3.65. The molecule has 0 aliphatic heterocycles. The third-order valence-electron chi connectivity index (χ3n) is 2.92. The van der Waals surface area contributed by atoms with E-state index in [2.05, 4.69) is 9.71 Å². The van der Waals surface area contributed by atoms with E-state index in [1.165, 1.54) is 0 Å². The van der Waals surface area contributed by atoms with Gasteiger partial charge in [0, 0.05) is 5.69 Å². The summed E-state index contributed by atoms with van der Waals surface area (Å²) >= 11 is 0. The van der Waals surface area contributed by atoms with Crippen molar-refractivity contribution in [3.63, 3.8) is 0 Å². The van der Waals surface area contributed by atoms with E-state index >= 15 is 0 Å². The van der Waals surface area contributed by atoms with Crippen molar-refractivity contribution < 1.29 is 12.8 Å². The zero-order valence-electron chi connectivity index (χ0n) is 11.6. The third kappa shape index (κ3) is 3.00. The number of benzene rings is 1. The zero-order valence-corrected chi connectivity index (χ0v) is 12.4. The number of hydrogen-bond donors (Lipinski definition) is 2. The van der Waals surface area contributed by atoms with Crippen LogP contribution in [0.5, 0.6) is 0 Å². The van der Waals surface area contributed by atoms with Gasteiger partial charge >= 0.3 is 0 Å². The van der Waals surface area contributed by atoms with E-state index in [-0.39, 0.29) is 11.4 Å². The Kier molecular flexibility index (Phi) is 3.82. The highest BCUT2D eigenvalue weighted by Crippen LogP contribution is 2.23. The van der Waals surface area contributed by atoms with Gasteiger partial charge in [-0.25, -0.2) is 18.1 Å². The van der Waals surface area contributed by atoms with Gasteiger partial charge in [0.15, 0.2) is 0 Å². The molecule has 2 rings (SSSR count). The Balaban J connectivity index is 2.27. The lowest BCUT2D eigenvalue weighted by Crippen LogP contribution is -2.24. The summed E-state index contributed by atoms with van der Waals surface area (Å²) in [5.41, 5.74) is 7.59. The Morgan fingerprint density at radius 1 is 1.30 bits per heavy atom. The molecule has 0 unspecified atom stereocenters. The molecule has 0 amide bonds. The molecule has 0 radical (unpaired) electrons. The molecule has 2 aromatic rings. The van der Waals surface area contributed by atoms with Gasteiger partial charge in [-0.15, -0.1) is 0 Å². The Hall–Kier alpha value is -1.86. The second-order valence-electron chi connectivity index (χ2n) is 4.67. The van der Waals surface area contributed by atoms with Crippen LogP contribution < -0.4 is 10.5 Å². The lowest BCUT2D eigenvalue weighted by atomic mass is 10.1. The molecule has 0 aliphatic rings. The van der Waals surface area contributed by atoms with Crippen molar-refractivity contribution >= 4 is 15.7 Å². The van der Waals surface area contributed by atoms with E-state index in [4.69, 9.17) is 10.2 Å². The quantitative estimate of drug-likeness (QED) is 0.836. The van der Waals surface area contributed by atoms with Crippen molar-refractivity contribution in [2.45, 2.75) is 32.2 Å². The van der Waals surface area contributed by atoms with Crippen LogP contribution in [-0.2, 0) is 16.6 Å². The maximum absolute atomic E-state index is 12.3. The Morgan fingerprint density at radius 3 is 2.60 bits per heavy atom. The van der Waals surface area contributed by atoms with Gasteiger partial charge in [-0.3, -0.25) is 0 Å². The Bertz CT molecular complexity index is 735. The summed E-state index contributed by atoms with van der Waals surface area (Å²) in [6.45, 7) is 5.23. The zero-order chi connectivity index (χ0) is 14.9. The summed E-state index contributed by atoms with van der Waals surface area (Å²) in [6, 6.07) is 3.33. The average Bonchev–Trinajstić information content (AvgIpc) is 2.77. The van der Waals surface area contributed by atoms with Gasteiger partial charge in [0.1, 0.15) is 5.76 Å². The fraction of sp³-hybridized carbons (Fsp3) is 0.308. The van der Waals surface area contributed by atoms with E-state index in [1.807, 2.05) is 0 Å². The Morgan fingerprint density at radius 2 is 2.00 bits per heavy atom. The van der Waals surface area contributed by atoms with Crippen LogP contribution in [0.4, 0.5) is 5.69 Å². The highest BCUT2D eigenvalue weighted by atomic mass is 32.2. The number of oxazole rings is 1. The van der Waals surface area contributed by atoms with Crippen molar-refractivity contribution in [3.05, 3.63) is 41.1 Å². The third-order valence-corrected chi connectivity index (χ3v) is 4.44. The summed E-state index contributed by atoms with van der Waals surface area (Å²) < 4.78 is 32.3. The molecule has 0 fully saturated rings. The van der Waals surface area contributed by atoms with Crippen molar-refractivity contribution in [3.8, 4) is 0 Å². The van der Waals surface area contributed by atoms with Crippen LogP contribution in [-0.4, -0.2) is 13.4 Å². The van der Waals surface area contributed by atoms with Gasteiger partial charge in [0.2, 0.25) is 15.9 Å². The average molecular weight is 295 g/mol. The molecule has 7 heteroatoms. The SMILES string of the molecule is Cc1cc(N)c(C)c(S(=O)(=O)NCc2ncc(C)o2)c1. The van der Waals surface area contributed by atoms with Crippen LogP contribution in [0.2, 0.25) is 0 Å². The number of nitrogens with one attached hydrogen (secondary N) is 1. The van der Waals surface area contributed by atoms with Crippen molar-refractivity contribution in [1.82, 2.24) is 9.71 Å². The van der Waals surface area contributed by atoms with Crippen LogP contribution in [0.15, 0.2) is 27.6 Å². The molecule has 6 nitrogen and oxygen atoms in total. The number of sulfonamides is 1. The monoisotopic (exact) mass is 295 g/mol. The minimum absolute atomic E-state index is 0.00343. The molecule has 0 saturated heterocycles. The molecular formula is C13H17N3O3S. The molecule has 0 bridgehead atoms. The second kappa shape index (κ2) is 5.26.